The van der Waals surface area contributed by atoms with Crippen molar-refractivity contribution in [2.45, 2.75) is 51.8 Å². The molecule has 3 heteroatoms. The number of hydrogen-bond acceptors (Lipinski definition) is 3. The van der Waals surface area contributed by atoms with Gasteiger partial charge in [-0.3, -0.25) is 0 Å². The topological polar surface area (TPSA) is 41.5 Å². The second-order valence-corrected chi connectivity index (χ2v) is 5.20. The lowest BCUT2D eigenvalue weighted by molar-refractivity contribution is -0.0120. The molecular formula is C15H23NO2. The molecule has 1 aliphatic carbocycles. The number of benzene rings is 1. The fraction of sp³-hybridized carbons (Fsp3) is 0.600. The van der Waals surface area contributed by atoms with Gasteiger partial charge in [-0.15, -0.1) is 0 Å². The Hall–Kier alpha value is -1.06. The van der Waals surface area contributed by atoms with Crippen LogP contribution in [0.3, 0.4) is 0 Å². The van der Waals surface area contributed by atoms with Crippen molar-refractivity contribution in [3.63, 3.8) is 0 Å². The van der Waals surface area contributed by atoms with E-state index in [0.29, 0.717) is 17.9 Å². The molecule has 1 saturated carbocycles. The predicted molar refractivity (Wildman–Crippen MR) is 72.8 cm³/mol. The number of phenolic OH excluding ortho intramolecular Hbond substituents is 1. The van der Waals surface area contributed by atoms with Crippen molar-refractivity contribution in [3.8, 4) is 5.75 Å². The van der Waals surface area contributed by atoms with E-state index >= 15 is 0 Å². The van der Waals surface area contributed by atoms with E-state index in [4.69, 9.17) is 4.74 Å². The first kappa shape index (κ1) is 13.4. The van der Waals surface area contributed by atoms with Gasteiger partial charge in [-0.25, -0.2) is 0 Å². The number of nitrogens with one attached hydrogen (secondary N) is 1. The summed E-state index contributed by atoms with van der Waals surface area (Å²) in [5.74, 6) is 0.376. The van der Waals surface area contributed by atoms with Crippen LogP contribution in [0.2, 0.25) is 0 Å². The van der Waals surface area contributed by atoms with E-state index < -0.39 is 0 Å². The highest BCUT2D eigenvalue weighted by Gasteiger charge is 2.30. The van der Waals surface area contributed by atoms with Crippen LogP contribution in [-0.2, 0) is 4.74 Å². The molecule has 1 unspecified atom stereocenters. The van der Waals surface area contributed by atoms with Crippen molar-refractivity contribution in [1.82, 2.24) is 5.32 Å². The lowest BCUT2D eigenvalue weighted by Gasteiger charge is -2.37. The molecule has 0 saturated heterocycles. The minimum absolute atomic E-state index is 0.178. The number of ether oxygens (including phenoxy) is 1. The molecule has 0 aliphatic heterocycles. The standard InChI is InChI=1S/C15H23NO2/c1-4-18-13-8-12(9-13)16-11(3)14-7-10(2)5-6-15(14)17/h5-7,11-13,16-17H,4,8-9H2,1-3H3. The molecule has 1 atom stereocenters. The Balaban J connectivity index is 1.89. The number of phenols is 1. The van der Waals surface area contributed by atoms with E-state index in [0.717, 1.165) is 25.0 Å². The first-order chi connectivity index (χ1) is 8.60. The van der Waals surface area contributed by atoms with Gasteiger partial charge in [-0.1, -0.05) is 17.7 Å². The molecule has 18 heavy (non-hydrogen) atoms. The molecule has 1 aromatic carbocycles. The maximum Gasteiger partial charge on any atom is 0.120 e. The lowest BCUT2D eigenvalue weighted by atomic mass is 9.88. The van der Waals surface area contributed by atoms with Crippen LogP contribution in [-0.4, -0.2) is 23.9 Å². The second kappa shape index (κ2) is 5.72. The van der Waals surface area contributed by atoms with Gasteiger partial charge in [0.2, 0.25) is 0 Å². The Kier molecular flexibility index (Phi) is 4.25. The Morgan fingerprint density at radius 1 is 1.44 bits per heavy atom. The normalized spacial score (nSPS) is 24.6. The van der Waals surface area contributed by atoms with E-state index in [9.17, 15) is 5.11 Å². The summed E-state index contributed by atoms with van der Waals surface area (Å²) in [5.41, 5.74) is 2.16. The van der Waals surface area contributed by atoms with Crippen molar-refractivity contribution in [3.05, 3.63) is 29.3 Å². The van der Waals surface area contributed by atoms with Crippen molar-refractivity contribution < 1.29 is 9.84 Å². The van der Waals surface area contributed by atoms with Gasteiger partial charge in [-0.05, 0) is 39.7 Å². The van der Waals surface area contributed by atoms with E-state index in [1.54, 1.807) is 6.07 Å². The van der Waals surface area contributed by atoms with Gasteiger partial charge in [-0.2, -0.15) is 0 Å². The smallest absolute Gasteiger partial charge is 0.120 e. The summed E-state index contributed by atoms with van der Waals surface area (Å²) in [5, 5.41) is 13.4. The fourth-order valence-corrected chi connectivity index (χ4v) is 2.54. The van der Waals surface area contributed by atoms with E-state index in [-0.39, 0.29) is 6.04 Å². The molecule has 2 rings (SSSR count). The Bertz CT molecular complexity index is 399. The van der Waals surface area contributed by atoms with Gasteiger partial charge in [0.1, 0.15) is 5.75 Å². The molecule has 0 bridgehead atoms. The van der Waals surface area contributed by atoms with E-state index in [1.807, 2.05) is 26.0 Å². The second-order valence-electron chi connectivity index (χ2n) is 5.20. The summed E-state index contributed by atoms with van der Waals surface area (Å²) >= 11 is 0. The molecule has 2 N–H and O–H groups in total. The van der Waals surface area contributed by atoms with Crippen LogP contribution in [0, 0.1) is 6.92 Å². The van der Waals surface area contributed by atoms with Crippen molar-refractivity contribution in [2.24, 2.45) is 0 Å². The zero-order valence-electron chi connectivity index (χ0n) is 11.4. The Morgan fingerprint density at radius 3 is 2.83 bits per heavy atom. The lowest BCUT2D eigenvalue weighted by Crippen LogP contribution is -2.46. The van der Waals surface area contributed by atoms with Gasteiger partial charge < -0.3 is 15.2 Å². The molecule has 3 nitrogen and oxygen atoms in total. The molecular weight excluding hydrogens is 226 g/mol. The summed E-state index contributed by atoms with van der Waals surface area (Å²) in [4.78, 5) is 0. The maximum absolute atomic E-state index is 9.88. The van der Waals surface area contributed by atoms with Crippen LogP contribution in [0.1, 0.15) is 43.9 Å². The highest BCUT2D eigenvalue weighted by molar-refractivity contribution is 5.37. The number of aryl methyl sites for hydroxylation is 1. The van der Waals surface area contributed by atoms with Crippen molar-refractivity contribution in [1.29, 1.82) is 0 Å². The Labute approximate surface area is 109 Å². The average molecular weight is 249 g/mol. The average Bonchev–Trinajstić information content (AvgIpc) is 2.29. The minimum atomic E-state index is 0.178. The van der Waals surface area contributed by atoms with Crippen LogP contribution in [0.4, 0.5) is 0 Å². The molecule has 0 spiro atoms. The van der Waals surface area contributed by atoms with Gasteiger partial charge in [0, 0.05) is 24.3 Å². The van der Waals surface area contributed by atoms with Crippen LogP contribution in [0.5, 0.6) is 5.75 Å². The third kappa shape index (κ3) is 3.03. The summed E-state index contributed by atoms with van der Waals surface area (Å²) < 4.78 is 5.55. The molecule has 1 aliphatic rings. The minimum Gasteiger partial charge on any atom is -0.508 e. The molecule has 0 radical (unpaired) electrons. The highest BCUT2D eigenvalue weighted by atomic mass is 16.5. The van der Waals surface area contributed by atoms with Crippen LogP contribution < -0.4 is 5.32 Å². The quantitative estimate of drug-likeness (QED) is 0.843. The van der Waals surface area contributed by atoms with Gasteiger partial charge in [0.15, 0.2) is 0 Å². The van der Waals surface area contributed by atoms with E-state index in [2.05, 4.69) is 12.2 Å². The molecule has 0 amide bonds. The first-order valence-electron chi connectivity index (χ1n) is 6.77. The van der Waals surface area contributed by atoms with Gasteiger partial charge in [0.05, 0.1) is 6.10 Å². The number of aromatic hydroxyl groups is 1. The van der Waals surface area contributed by atoms with Crippen molar-refractivity contribution in [2.75, 3.05) is 6.61 Å². The van der Waals surface area contributed by atoms with Gasteiger partial charge >= 0.3 is 0 Å². The molecule has 0 aromatic heterocycles. The summed E-state index contributed by atoms with van der Waals surface area (Å²) in [6.07, 6.45) is 2.57. The third-order valence-corrected chi connectivity index (χ3v) is 3.63. The summed E-state index contributed by atoms with van der Waals surface area (Å²) in [6, 6.07) is 6.44. The number of rotatable bonds is 5. The Morgan fingerprint density at radius 2 is 2.17 bits per heavy atom. The predicted octanol–water partition coefficient (Wildman–Crippen LogP) is 2.92. The fourth-order valence-electron chi connectivity index (χ4n) is 2.54. The molecule has 0 heterocycles. The zero-order chi connectivity index (χ0) is 13.1. The third-order valence-electron chi connectivity index (χ3n) is 3.63. The molecule has 1 aromatic rings. The van der Waals surface area contributed by atoms with Crippen LogP contribution in [0.25, 0.3) is 0 Å². The van der Waals surface area contributed by atoms with Gasteiger partial charge in [0.25, 0.3) is 0 Å². The first-order valence-corrected chi connectivity index (χ1v) is 6.77. The van der Waals surface area contributed by atoms with Crippen LogP contribution >= 0.6 is 0 Å². The largest absolute Gasteiger partial charge is 0.508 e. The van der Waals surface area contributed by atoms with Crippen LogP contribution in [0.15, 0.2) is 18.2 Å². The summed E-state index contributed by atoms with van der Waals surface area (Å²) in [7, 11) is 0. The number of hydrogen-bond donors (Lipinski definition) is 2. The molecule has 1 fully saturated rings. The SMILES string of the molecule is CCOC1CC(NC(C)c2cc(C)ccc2O)C1. The molecule has 100 valence electrons. The monoisotopic (exact) mass is 249 g/mol. The summed E-state index contributed by atoms with van der Waals surface area (Å²) in [6.45, 7) is 6.98. The van der Waals surface area contributed by atoms with E-state index in [1.165, 1.54) is 5.56 Å². The highest BCUT2D eigenvalue weighted by Crippen LogP contribution is 2.29. The van der Waals surface area contributed by atoms with Crippen molar-refractivity contribution >= 4 is 0 Å². The maximum atomic E-state index is 9.88. The zero-order valence-corrected chi connectivity index (χ0v) is 11.4.